The molecule has 2 rings (SSSR count). The number of thioether (sulfide) groups is 1. The summed E-state index contributed by atoms with van der Waals surface area (Å²) in [6, 6.07) is 6.69. The lowest BCUT2D eigenvalue weighted by molar-refractivity contribution is 0.416. The number of hydrogen-bond acceptors (Lipinski definition) is 4. The van der Waals surface area contributed by atoms with E-state index in [1.54, 1.807) is 11.8 Å². The van der Waals surface area contributed by atoms with E-state index >= 15 is 0 Å². The van der Waals surface area contributed by atoms with E-state index < -0.39 is 0 Å². The largest absolute Gasteiger partial charge is 0.299 e. The molecule has 1 aliphatic carbocycles. The summed E-state index contributed by atoms with van der Waals surface area (Å²) in [5.74, 6) is 1.29. The van der Waals surface area contributed by atoms with E-state index in [0.29, 0.717) is 5.92 Å². The maximum atomic E-state index is 9.56. The molecule has 1 unspecified atom stereocenters. The lowest BCUT2D eigenvalue weighted by atomic mass is 9.98. The van der Waals surface area contributed by atoms with Crippen LogP contribution in [0.4, 0.5) is 0 Å². The highest BCUT2D eigenvalue weighted by Gasteiger charge is 2.45. The van der Waals surface area contributed by atoms with Gasteiger partial charge in [0.1, 0.15) is 5.54 Å². The second-order valence-corrected chi connectivity index (χ2v) is 6.30. The summed E-state index contributed by atoms with van der Waals surface area (Å²) in [6.45, 7) is 7.00. The van der Waals surface area contributed by atoms with E-state index in [2.05, 4.69) is 42.4 Å². The molecule has 0 saturated heterocycles. The van der Waals surface area contributed by atoms with Crippen molar-refractivity contribution in [3.63, 3.8) is 0 Å². The van der Waals surface area contributed by atoms with Crippen LogP contribution in [0.1, 0.15) is 31.0 Å². The summed E-state index contributed by atoms with van der Waals surface area (Å²) in [7, 11) is 0. The van der Waals surface area contributed by atoms with Crippen LogP contribution in [0, 0.1) is 31.1 Å². The molecule has 102 valence electrons. The van der Waals surface area contributed by atoms with Crippen molar-refractivity contribution in [3.8, 4) is 6.07 Å². The quantitative estimate of drug-likeness (QED) is 0.811. The standard InChI is InChI=1S/C15H21N3S/c1-4-17-15(9-16,13-5-6-13)10-19-14-8-11(2)7-12(3)18-14/h7-8,13,17H,4-6,10H2,1-3H3. The Labute approximate surface area is 119 Å². The minimum Gasteiger partial charge on any atom is -0.299 e. The molecular weight excluding hydrogens is 254 g/mol. The zero-order valence-corrected chi connectivity index (χ0v) is 12.7. The Hall–Kier alpha value is -1.05. The summed E-state index contributed by atoms with van der Waals surface area (Å²) < 4.78 is 0. The van der Waals surface area contributed by atoms with Crippen LogP contribution in [-0.2, 0) is 0 Å². The fourth-order valence-electron chi connectivity index (χ4n) is 2.43. The Morgan fingerprint density at radius 2 is 2.21 bits per heavy atom. The number of nitriles is 1. The first-order chi connectivity index (χ1) is 9.09. The van der Waals surface area contributed by atoms with Gasteiger partial charge in [0.2, 0.25) is 0 Å². The molecule has 0 amide bonds. The van der Waals surface area contributed by atoms with Crippen LogP contribution in [0.5, 0.6) is 0 Å². The molecule has 1 aromatic heterocycles. The molecule has 0 aromatic carbocycles. The maximum Gasteiger partial charge on any atom is 0.119 e. The number of nitrogens with zero attached hydrogens (tertiary/aromatic N) is 2. The molecule has 0 bridgehead atoms. The molecule has 1 aromatic rings. The SMILES string of the molecule is CCNC(C#N)(CSc1cc(C)cc(C)n1)C1CC1. The van der Waals surface area contributed by atoms with Crippen molar-refractivity contribution in [2.24, 2.45) is 5.92 Å². The molecule has 0 radical (unpaired) electrons. The molecule has 1 N–H and O–H groups in total. The van der Waals surface area contributed by atoms with Crippen LogP contribution in [0.15, 0.2) is 17.2 Å². The van der Waals surface area contributed by atoms with E-state index in [4.69, 9.17) is 0 Å². The number of rotatable bonds is 6. The van der Waals surface area contributed by atoms with Gasteiger partial charge in [0, 0.05) is 11.4 Å². The third-order valence-corrected chi connectivity index (χ3v) is 4.59. The summed E-state index contributed by atoms with van der Waals surface area (Å²) in [5.41, 5.74) is 1.89. The molecule has 19 heavy (non-hydrogen) atoms. The minimum absolute atomic E-state index is 0.376. The Kier molecular flexibility index (Phi) is 4.49. The van der Waals surface area contributed by atoms with Crippen molar-refractivity contribution < 1.29 is 0 Å². The van der Waals surface area contributed by atoms with Gasteiger partial charge in [-0.05, 0) is 56.8 Å². The molecule has 1 saturated carbocycles. The molecule has 1 heterocycles. The molecule has 0 spiro atoms. The summed E-state index contributed by atoms with van der Waals surface area (Å²) in [6.07, 6.45) is 2.34. The van der Waals surface area contributed by atoms with Gasteiger partial charge < -0.3 is 0 Å². The van der Waals surface area contributed by atoms with Gasteiger partial charge in [0.25, 0.3) is 0 Å². The molecule has 3 nitrogen and oxygen atoms in total. The second kappa shape index (κ2) is 5.94. The van der Waals surface area contributed by atoms with Crippen LogP contribution in [0.2, 0.25) is 0 Å². The lowest BCUT2D eigenvalue weighted by Gasteiger charge is -2.27. The number of aromatic nitrogens is 1. The zero-order chi connectivity index (χ0) is 13.9. The summed E-state index contributed by atoms with van der Waals surface area (Å²) in [4.78, 5) is 4.54. The van der Waals surface area contributed by atoms with E-state index in [9.17, 15) is 5.26 Å². The summed E-state index contributed by atoms with van der Waals surface area (Å²) in [5, 5.41) is 14.0. The monoisotopic (exact) mass is 275 g/mol. The van der Waals surface area contributed by atoms with Crippen LogP contribution < -0.4 is 5.32 Å². The molecular formula is C15H21N3S. The number of pyridine rings is 1. The predicted octanol–water partition coefficient (Wildman–Crippen LogP) is 3.07. The molecule has 1 fully saturated rings. The first-order valence-corrected chi connectivity index (χ1v) is 7.82. The Morgan fingerprint density at radius 1 is 1.47 bits per heavy atom. The van der Waals surface area contributed by atoms with Crippen molar-refractivity contribution >= 4 is 11.8 Å². The number of nitrogens with one attached hydrogen (secondary N) is 1. The van der Waals surface area contributed by atoms with Crippen LogP contribution in [-0.4, -0.2) is 22.8 Å². The normalized spacial score (nSPS) is 17.8. The van der Waals surface area contributed by atoms with Crippen LogP contribution >= 0.6 is 11.8 Å². The van der Waals surface area contributed by atoms with Gasteiger partial charge in [0.15, 0.2) is 0 Å². The van der Waals surface area contributed by atoms with Crippen LogP contribution in [0.3, 0.4) is 0 Å². The first kappa shape index (κ1) is 14.4. The van der Waals surface area contributed by atoms with Crippen LogP contribution in [0.25, 0.3) is 0 Å². The third kappa shape index (κ3) is 3.49. The average molecular weight is 275 g/mol. The lowest BCUT2D eigenvalue weighted by Crippen LogP contribution is -2.48. The van der Waals surface area contributed by atoms with Crippen molar-refractivity contribution in [1.29, 1.82) is 5.26 Å². The van der Waals surface area contributed by atoms with Gasteiger partial charge in [-0.2, -0.15) is 5.26 Å². The number of hydrogen-bond donors (Lipinski definition) is 1. The van der Waals surface area contributed by atoms with E-state index in [1.165, 1.54) is 18.4 Å². The van der Waals surface area contributed by atoms with Crippen molar-refractivity contribution in [2.75, 3.05) is 12.3 Å². The minimum atomic E-state index is -0.376. The first-order valence-electron chi connectivity index (χ1n) is 6.84. The third-order valence-electron chi connectivity index (χ3n) is 3.49. The van der Waals surface area contributed by atoms with Gasteiger partial charge in [-0.25, -0.2) is 4.98 Å². The summed E-state index contributed by atoms with van der Waals surface area (Å²) >= 11 is 1.69. The Balaban J connectivity index is 2.08. The average Bonchev–Trinajstić information content (AvgIpc) is 3.18. The maximum absolute atomic E-state index is 9.56. The highest BCUT2D eigenvalue weighted by atomic mass is 32.2. The van der Waals surface area contributed by atoms with Gasteiger partial charge in [-0.3, -0.25) is 5.32 Å². The van der Waals surface area contributed by atoms with Gasteiger partial charge in [-0.15, -0.1) is 11.8 Å². The van der Waals surface area contributed by atoms with E-state index in [0.717, 1.165) is 23.0 Å². The second-order valence-electron chi connectivity index (χ2n) is 5.30. The fourth-order valence-corrected chi connectivity index (χ4v) is 3.69. The topological polar surface area (TPSA) is 48.7 Å². The smallest absolute Gasteiger partial charge is 0.119 e. The van der Waals surface area contributed by atoms with Crippen molar-refractivity contribution in [1.82, 2.24) is 10.3 Å². The van der Waals surface area contributed by atoms with Gasteiger partial charge in [-0.1, -0.05) is 6.92 Å². The van der Waals surface area contributed by atoms with Gasteiger partial charge in [0.05, 0.1) is 11.1 Å². The number of aryl methyl sites for hydroxylation is 2. The molecule has 4 heteroatoms. The highest BCUT2D eigenvalue weighted by Crippen LogP contribution is 2.42. The fraction of sp³-hybridized carbons (Fsp3) is 0.600. The zero-order valence-electron chi connectivity index (χ0n) is 11.9. The van der Waals surface area contributed by atoms with E-state index in [1.807, 2.05) is 6.92 Å². The molecule has 0 aliphatic heterocycles. The molecule has 1 aliphatic rings. The Morgan fingerprint density at radius 3 is 2.74 bits per heavy atom. The molecule has 1 atom stereocenters. The highest BCUT2D eigenvalue weighted by molar-refractivity contribution is 7.99. The Bertz CT molecular complexity index is 470. The van der Waals surface area contributed by atoms with Gasteiger partial charge >= 0.3 is 0 Å². The van der Waals surface area contributed by atoms with Crippen molar-refractivity contribution in [2.45, 2.75) is 44.2 Å². The van der Waals surface area contributed by atoms with E-state index in [-0.39, 0.29) is 5.54 Å². The predicted molar refractivity (Wildman–Crippen MR) is 79.2 cm³/mol. The van der Waals surface area contributed by atoms with Crippen molar-refractivity contribution in [3.05, 3.63) is 23.4 Å².